The van der Waals surface area contributed by atoms with E-state index in [0.717, 1.165) is 18.4 Å². The Balaban J connectivity index is 2.44. The van der Waals surface area contributed by atoms with Crippen LogP contribution in [0, 0.1) is 0 Å². The third-order valence-corrected chi connectivity index (χ3v) is 2.76. The number of unbranched alkanes of at least 4 members (excludes halogenated alkanes) is 1. The number of aliphatic carboxylic acids is 1. The number of carbonyl (C=O) groups is 2. The second-order valence-electron chi connectivity index (χ2n) is 4.41. The van der Waals surface area contributed by atoms with E-state index >= 15 is 0 Å². The number of nitrogens with one attached hydrogen (secondary N) is 2. The van der Waals surface area contributed by atoms with E-state index in [0.29, 0.717) is 6.54 Å². The van der Waals surface area contributed by atoms with Gasteiger partial charge in [0.25, 0.3) is 0 Å². The normalized spacial score (nSPS) is 11.4. The summed E-state index contributed by atoms with van der Waals surface area (Å²) in [6.45, 7) is 4.09. The Labute approximate surface area is 118 Å². The van der Waals surface area contributed by atoms with Crippen molar-refractivity contribution in [3.8, 4) is 0 Å². The molecule has 0 aromatic heterocycles. The van der Waals surface area contributed by atoms with Gasteiger partial charge in [-0.3, -0.25) is 0 Å². The number of benzene rings is 1. The lowest BCUT2D eigenvalue weighted by Gasteiger charge is -2.15. The minimum absolute atomic E-state index is 0.260. The Hall–Kier alpha value is -2.30. The molecule has 0 fully saturated rings. The molecular formula is C15H20N2O3. The molecule has 108 valence electrons. The summed E-state index contributed by atoms with van der Waals surface area (Å²) in [7, 11) is 0. The number of carboxylic acid groups (broad SMARTS) is 1. The summed E-state index contributed by atoms with van der Waals surface area (Å²) in [5.74, 6) is -1.05. The van der Waals surface area contributed by atoms with Crippen LogP contribution in [-0.4, -0.2) is 29.7 Å². The summed E-state index contributed by atoms with van der Waals surface area (Å²) in [6, 6.07) is 7.81. The van der Waals surface area contributed by atoms with E-state index in [2.05, 4.69) is 17.2 Å². The maximum atomic E-state index is 11.6. The molecule has 0 heterocycles. The molecule has 1 rings (SSSR count). The fourth-order valence-corrected chi connectivity index (χ4v) is 1.71. The third-order valence-electron chi connectivity index (χ3n) is 2.76. The van der Waals surface area contributed by atoms with Gasteiger partial charge >= 0.3 is 12.0 Å². The molecule has 0 aliphatic heterocycles. The zero-order valence-corrected chi connectivity index (χ0v) is 11.3. The van der Waals surface area contributed by atoms with Crippen LogP contribution in [0.5, 0.6) is 0 Å². The molecule has 0 bridgehead atoms. The number of hydrogen-bond acceptors (Lipinski definition) is 2. The van der Waals surface area contributed by atoms with Crippen LogP contribution >= 0.6 is 0 Å². The third kappa shape index (κ3) is 6.04. The quantitative estimate of drug-likeness (QED) is 0.501. The van der Waals surface area contributed by atoms with Crippen LogP contribution in [0.15, 0.2) is 43.0 Å². The molecule has 0 saturated heterocycles. The predicted molar refractivity (Wildman–Crippen MR) is 77.5 cm³/mol. The summed E-state index contributed by atoms with van der Waals surface area (Å²) >= 11 is 0. The standard InChI is InChI=1S/C15H20N2O3/c1-2-3-7-10-16-15(20)17-13(14(18)19)11-12-8-5-4-6-9-12/h2,4-6,8-9,13H,1,3,7,10-11H2,(H,18,19)(H2,16,17,20). The fourth-order valence-electron chi connectivity index (χ4n) is 1.71. The molecule has 5 heteroatoms. The van der Waals surface area contributed by atoms with Crippen molar-refractivity contribution >= 4 is 12.0 Å². The van der Waals surface area contributed by atoms with Crippen molar-refractivity contribution in [2.75, 3.05) is 6.54 Å². The summed E-state index contributed by atoms with van der Waals surface area (Å²) in [6.07, 6.45) is 3.63. The summed E-state index contributed by atoms with van der Waals surface area (Å²) in [5.41, 5.74) is 0.867. The highest BCUT2D eigenvalue weighted by molar-refractivity contribution is 5.82. The molecule has 0 radical (unpaired) electrons. The van der Waals surface area contributed by atoms with Gasteiger partial charge in [0.15, 0.2) is 0 Å². The Morgan fingerprint density at radius 3 is 2.60 bits per heavy atom. The summed E-state index contributed by atoms with van der Waals surface area (Å²) < 4.78 is 0. The van der Waals surface area contributed by atoms with Gasteiger partial charge in [-0.2, -0.15) is 0 Å². The monoisotopic (exact) mass is 276 g/mol. The van der Waals surface area contributed by atoms with Gasteiger partial charge in [0.05, 0.1) is 0 Å². The Bertz CT molecular complexity index is 446. The molecule has 2 amide bonds. The van der Waals surface area contributed by atoms with Gasteiger partial charge in [-0.25, -0.2) is 9.59 Å². The predicted octanol–water partition coefficient (Wildman–Crippen LogP) is 1.95. The van der Waals surface area contributed by atoms with Crippen LogP contribution in [0.1, 0.15) is 18.4 Å². The topological polar surface area (TPSA) is 78.4 Å². The van der Waals surface area contributed by atoms with E-state index < -0.39 is 18.0 Å². The molecular weight excluding hydrogens is 256 g/mol. The van der Waals surface area contributed by atoms with Crippen molar-refractivity contribution in [3.05, 3.63) is 48.6 Å². The van der Waals surface area contributed by atoms with Gasteiger partial charge in [-0.1, -0.05) is 36.4 Å². The molecule has 0 aliphatic rings. The lowest BCUT2D eigenvalue weighted by Crippen LogP contribution is -2.47. The molecule has 3 N–H and O–H groups in total. The maximum Gasteiger partial charge on any atom is 0.326 e. The maximum absolute atomic E-state index is 11.6. The van der Waals surface area contributed by atoms with E-state index in [9.17, 15) is 9.59 Å². The second-order valence-corrected chi connectivity index (χ2v) is 4.41. The summed E-state index contributed by atoms with van der Waals surface area (Å²) in [5, 5.41) is 14.2. The molecule has 0 saturated carbocycles. The number of carboxylic acids is 1. The van der Waals surface area contributed by atoms with Crippen LogP contribution in [0.3, 0.4) is 0 Å². The highest BCUT2D eigenvalue weighted by atomic mass is 16.4. The first-order valence-electron chi connectivity index (χ1n) is 6.55. The first kappa shape index (κ1) is 15.8. The second kappa shape index (κ2) is 8.74. The number of amides is 2. The SMILES string of the molecule is C=CCCCNC(=O)NC(Cc1ccccc1)C(=O)O. The Morgan fingerprint density at radius 2 is 2.00 bits per heavy atom. The minimum Gasteiger partial charge on any atom is -0.480 e. The molecule has 1 atom stereocenters. The number of allylic oxidation sites excluding steroid dienone is 1. The van der Waals surface area contributed by atoms with Gasteiger partial charge < -0.3 is 15.7 Å². The number of urea groups is 1. The lowest BCUT2D eigenvalue weighted by molar-refractivity contribution is -0.139. The molecule has 5 nitrogen and oxygen atoms in total. The van der Waals surface area contributed by atoms with Crippen molar-refractivity contribution in [1.29, 1.82) is 0 Å². The van der Waals surface area contributed by atoms with E-state index in [1.54, 1.807) is 6.08 Å². The van der Waals surface area contributed by atoms with Gasteiger partial charge in [0, 0.05) is 13.0 Å². The lowest BCUT2D eigenvalue weighted by atomic mass is 10.1. The van der Waals surface area contributed by atoms with Crippen molar-refractivity contribution in [3.63, 3.8) is 0 Å². The van der Waals surface area contributed by atoms with Crippen molar-refractivity contribution in [1.82, 2.24) is 10.6 Å². The average molecular weight is 276 g/mol. The highest BCUT2D eigenvalue weighted by Gasteiger charge is 2.19. The van der Waals surface area contributed by atoms with Crippen molar-refractivity contribution in [2.24, 2.45) is 0 Å². The molecule has 1 aromatic carbocycles. The van der Waals surface area contributed by atoms with E-state index in [4.69, 9.17) is 5.11 Å². The number of carbonyl (C=O) groups excluding carboxylic acids is 1. The minimum atomic E-state index is -1.05. The first-order valence-corrected chi connectivity index (χ1v) is 6.55. The van der Waals surface area contributed by atoms with Crippen LogP contribution in [-0.2, 0) is 11.2 Å². The van der Waals surface area contributed by atoms with Crippen LogP contribution in [0.4, 0.5) is 4.79 Å². The zero-order valence-electron chi connectivity index (χ0n) is 11.3. The van der Waals surface area contributed by atoms with Crippen molar-refractivity contribution in [2.45, 2.75) is 25.3 Å². The van der Waals surface area contributed by atoms with Crippen LogP contribution in [0.25, 0.3) is 0 Å². The fraction of sp³-hybridized carbons (Fsp3) is 0.333. The average Bonchev–Trinajstić information content (AvgIpc) is 2.44. The Morgan fingerprint density at radius 1 is 1.30 bits per heavy atom. The van der Waals surface area contributed by atoms with Crippen molar-refractivity contribution < 1.29 is 14.7 Å². The smallest absolute Gasteiger partial charge is 0.326 e. The van der Waals surface area contributed by atoms with E-state index in [1.807, 2.05) is 30.3 Å². The molecule has 0 aliphatic carbocycles. The first-order chi connectivity index (χ1) is 9.63. The molecule has 1 aromatic rings. The van der Waals surface area contributed by atoms with Gasteiger partial charge in [0.1, 0.15) is 6.04 Å². The molecule has 0 spiro atoms. The van der Waals surface area contributed by atoms with E-state index in [-0.39, 0.29) is 6.42 Å². The largest absolute Gasteiger partial charge is 0.480 e. The van der Waals surface area contributed by atoms with Crippen LogP contribution < -0.4 is 10.6 Å². The Kier molecular flexibility index (Phi) is 6.89. The van der Waals surface area contributed by atoms with E-state index in [1.165, 1.54) is 0 Å². The van der Waals surface area contributed by atoms with Gasteiger partial charge in [-0.05, 0) is 18.4 Å². The summed E-state index contributed by atoms with van der Waals surface area (Å²) in [4.78, 5) is 22.8. The molecule has 20 heavy (non-hydrogen) atoms. The number of rotatable bonds is 8. The van der Waals surface area contributed by atoms with Crippen LogP contribution in [0.2, 0.25) is 0 Å². The highest BCUT2D eigenvalue weighted by Crippen LogP contribution is 2.03. The number of hydrogen-bond donors (Lipinski definition) is 3. The zero-order chi connectivity index (χ0) is 14.8. The van der Waals surface area contributed by atoms with Gasteiger partial charge in [0.2, 0.25) is 0 Å². The molecule has 1 unspecified atom stereocenters. The van der Waals surface area contributed by atoms with Gasteiger partial charge in [-0.15, -0.1) is 6.58 Å².